The molecule has 0 aromatic rings. The van der Waals surface area contributed by atoms with Gasteiger partial charge in [-0.05, 0) is 46.5 Å². The van der Waals surface area contributed by atoms with Crippen LogP contribution in [-0.4, -0.2) is 56.1 Å². The molecule has 0 aliphatic heterocycles. The zero-order valence-corrected chi connectivity index (χ0v) is 15.6. The summed E-state index contributed by atoms with van der Waals surface area (Å²) in [5.74, 6) is -0.0279. The van der Waals surface area contributed by atoms with Crippen LogP contribution in [0.25, 0.3) is 0 Å². The number of amides is 2. The minimum atomic E-state index is -0.208. The van der Waals surface area contributed by atoms with E-state index < -0.39 is 0 Å². The van der Waals surface area contributed by atoms with Crippen LogP contribution < -0.4 is 10.6 Å². The number of nitrogens with one attached hydrogen (secondary N) is 2. The molecule has 0 aromatic carbocycles. The number of ether oxygens (including phenoxy) is 2. The third-order valence-electron chi connectivity index (χ3n) is 4.27. The van der Waals surface area contributed by atoms with Gasteiger partial charge in [0.15, 0.2) is 0 Å². The van der Waals surface area contributed by atoms with Crippen molar-refractivity contribution in [2.75, 3.05) is 26.4 Å². The van der Waals surface area contributed by atoms with Gasteiger partial charge in [-0.25, -0.2) is 0 Å². The average molecular weight is 356 g/mol. The van der Waals surface area contributed by atoms with Gasteiger partial charge in [-0.2, -0.15) is 0 Å². The van der Waals surface area contributed by atoms with Crippen LogP contribution in [0.1, 0.15) is 52.9 Å². The monoisotopic (exact) mass is 356 g/mol. The number of rotatable bonds is 11. The zero-order valence-electron chi connectivity index (χ0n) is 15.6. The van der Waals surface area contributed by atoms with E-state index in [1.165, 1.54) is 0 Å². The summed E-state index contributed by atoms with van der Waals surface area (Å²) in [6, 6.07) is 0.101. The van der Waals surface area contributed by atoms with Gasteiger partial charge in [0, 0.05) is 18.4 Å². The standard InChI is InChI=1S/C18H32N2O5/c1-13(2)25-11-10-24-9-8-17(22)19-12-18(23)20-16-6-4-15(5-7-16)14(3)21/h13,15-16H,4-12H2,1-3H3,(H,19,22)(H,20,23)/t15-,16+. The number of ketones is 1. The molecule has 1 fully saturated rings. The van der Waals surface area contributed by atoms with Crippen LogP contribution in [0.5, 0.6) is 0 Å². The first kappa shape index (κ1) is 21.6. The van der Waals surface area contributed by atoms with E-state index in [2.05, 4.69) is 10.6 Å². The zero-order chi connectivity index (χ0) is 18.7. The SMILES string of the molecule is CC(=O)[C@H]1CC[C@@H](NC(=O)CNC(=O)CCOCCOC(C)C)CC1. The summed E-state index contributed by atoms with van der Waals surface area (Å²) < 4.78 is 10.6. The first-order chi connectivity index (χ1) is 11.9. The van der Waals surface area contributed by atoms with Gasteiger partial charge in [0.25, 0.3) is 0 Å². The number of carbonyl (C=O) groups is 3. The molecule has 2 N–H and O–H groups in total. The molecule has 1 rings (SSSR count). The van der Waals surface area contributed by atoms with Crippen molar-refractivity contribution in [3.63, 3.8) is 0 Å². The minimum Gasteiger partial charge on any atom is -0.379 e. The molecular weight excluding hydrogens is 324 g/mol. The highest BCUT2D eigenvalue weighted by atomic mass is 16.5. The highest BCUT2D eigenvalue weighted by Crippen LogP contribution is 2.24. The van der Waals surface area contributed by atoms with Gasteiger partial charge in [-0.15, -0.1) is 0 Å². The largest absolute Gasteiger partial charge is 0.379 e. The number of carbonyl (C=O) groups excluding carboxylic acids is 3. The van der Waals surface area contributed by atoms with Crippen LogP contribution in [0.4, 0.5) is 0 Å². The summed E-state index contributed by atoms with van der Waals surface area (Å²) in [7, 11) is 0. The third kappa shape index (κ3) is 10.2. The van der Waals surface area contributed by atoms with E-state index in [1.54, 1.807) is 6.92 Å². The fraction of sp³-hybridized carbons (Fsp3) is 0.833. The molecule has 0 atom stereocenters. The summed E-state index contributed by atoms with van der Waals surface area (Å²) in [6.07, 6.45) is 3.67. The van der Waals surface area contributed by atoms with Gasteiger partial charge < -0.3 is 20.1 Å². The van der Waals surface area contributed by atoms with Crippen LogP contribution in [0.3, 0.4) is 0 Å². The van der Waals surface area contributed by atoms with Crippen LogP contribution in [0.2, 0.25) is 0 Å². The Labute approximate surface area is 150 Å². The second-order valence-electron chi connectivity index (χ2n) is 6.79. The van der Waals surface area contributed by atoms with Crippen molar-refractivity contribution in [2.24, 2.45) is 5.92 Å². The van der Waals surface area contributed by atoms with Gasteiger partial charge in [0.1, 0.15) is 5.78 Å². The second kappa shape index (κ2) is 12.0. The lowest BCUT2D eigenvalue weighted by molar-refractivity contribution is -0.127. The Balaban J connectivity index is 2.04. The highest BCUT2D eigenvalue weighted by Gasteiger charge is 2.24. The molecule has 1 aliphatic rings. The van der Waals surface area contributed by atoms with E-state index >= 15 is 0 Å². The Bertz CT molecular complexity index is 431. The van der Waals surface area contributed by atoms with Crippen molar-refractivity contribution in [2.45, 2.75) is 65.0 Å². The van der Waals surface area contributed by atoms with Crippen LogP contribution >= 0.6 is 0 Å². The molecule has 2 amide bonds. The Morgan fingerprint density at radius 3 is 2.28 bits per heavy atom. The average Bonchev–Trinajstić information content (AvgIpc) is 2.56. The summed E-state index contributed by atoms with van der Waals surface area (Å²) in [5, 5.41) is 5.51. The Morgan fingerprint density at radius 1 is 1.00 bits per heavy atom. The Hall–Kier alpha value is -1.47. The van der Waals surface area contributed by atoms with Crippen molar-refractivity contribution < 1.29 is 23.9 Å². The lowest BCUT2D eigenvalue weighted by atomic mass is 9.84. The van der Waals surface area contributed by atoms with Crippen molar-refractivity contribution in [1.82, 2.24) is 10.6 Å². The van der Waals surface area contributed by atoms with E-state index in [-0.39, 0.29) is 48.6 Å². The normalized spacial score (nSPS) is 20.3. The first-order valence-corrected chi connectivity index (χ1v) is 9.14. The minimum absolute atomic E-state index is 0.0259. The van der Waals surface area contributed by atoms with E-state index in [0.29, 0.717) is 19.8 Å². The van der Waals surface area contributed by atoms with Gasteiger partial charge in [-0.3, -0.25) is 14.4 Å². The van der Waals surface area contributed by atoms with Gasteiger partial charge in [-0.1, -0.05) is 0 Å². The van der Waals surface area contributed by atoms with E-state index in [1.807, 2.05) is 13.8 Å². The van der Waals surface area contributed by atoms with Crippen LogP contribution in [-0.2, 0) is 23.9 Å². The summed E-state index contributed by atoms with van der Waals surface area (Å²) in [5.41, 5.74) is 0. The van der Waals surface area contributed by atoms with Crippen molar-refractivity contribution in [1.29, 1.82) is 0 Å². The molecule has 1 aliphatic carbocycles. The van der Waals surface area contributed by atoms with E-state index in [4.69, 9.17) is 9.47 Å². The maximum absolute atomic E-state index is 11.9. The lowest BCUT2D eigenvalue weighted by Crippen LogP contribution is -2.43. The molecule has 0 unspecified atom stereocenters. The summed E-state index contributed by atoms with van der Waals surface area (Å²) in [4.78, 5) is 34.9. The molecule has 0 heterocycles. The maximum Gasteiger partial charge on any atom is 0.239 e. The molecule has 7 heteroatoms. The van der Waals surface area contributed by atoms with Crippen LogP contribution in [0.15, 0.2) is 0 Å². The summed E-state index contributed by atoms with van der Waals surface area (Å²) >= 11 is 0. The Kier molecular flexibility index (Phi) is 10.3. The lowest BCUT2D eigenvalue weighted by Gasteiger charge is -2.27. The van der Waals surface area contributed by atoms with Gasteiger partial charge in [0.2, 0.25) is 11.8 Å². The molecule has 0 aromatic heterocycles. The van der Waals surface area contributed by atoms with Gasteiger partial charge in [0.05, 0.1) is 32.5 Å². The molecule has 0 saturated heterocycles. The molecule has 0 spiro atoms. The predicted octanol–water partition coefficient (Wildman–Crippen LogP) is 1.20. The number of hydrogen-bond acceptors (Lipinski definition) is 5. The smallest absolute Gasteiger partial charge is 0.239 e. The number of hydrogen-bond donors (Lipinski definition) is 2. The molecular formula is C18H32N2O5. The fourth-order valence-corrected chi connectivity index (χ4v) is 2.80. The van der Waals surface area contributed by atoms with E-state index in [0.717, 1.165) is 25.7 Å². The molecule has 7 nitrogen and oxygen atoms in total. The quantitative estimate of drug-likeness (QED) is 0.543. The van der Waals surface area contributed by atoms with Gasteiger partial charge >= 0.3 is 0 Å². The predicted molar refractivity (Wildman–Crippen MR) is 94.1 cm³/mol. The topological polar surface area (TPSA) is 93.7 Å². The molecule has 144 valence electrons. The summed E-state index contributed by atoms with van der Waals surface area (Å²) in [6.45, 7) is 6.77. The molecule has 0 radical (unpaired) electrons. The first-order valence-electron chi connectivity index (χ1n) is 9.14. The maximum atomic E-state index is 11.9. The highest BCUT2D eigenvalue weighted by molar-refractivity contribution is 5.84. The molecule has 0 bridgehead atoms. The van der Waals surface area contributed by atoms with Crippen molar-refractivity contribution >= 4 is 17.6 Å². The van der Waals surface area contributed by atoms with Crippen LogP contribution in [0, 0.1) is 5.92 Å². The van der Waals surface area contributed by atoms with Crippen molar-refractivity contribution in [3.8, 4) is 0 Å². The Morgan fingerprint density at radius 2 is 1.68 bits per heavy atom. The van der Waals surface area contributed by atoms with E-state index in [9.17, 15) is 14.4 Å². The van der Waals surface area contributed by atoms with Crippen molar-refractivity contribution in [3.05, 3.63) is 0 Å². The molecule has 1 saturated carbocycles. The fourth-order valence-electron chi connectivity index (χ4n) is 2.80. The molecule has 25 heavy (non-hydrogen) atoms. The number of Topliss-reactive ketones (excluding diaryl/α,β-unsaturated/α-hetero) is 1. The third-order valence-corrected chi connectivity index (χ3v) is 4.27. The second-order valence-corrected chi connectivity index (χ2v) is 6.79.